The van der Waals surface area contributed by atoms with Crippen LogP contribution < -0.4 is 0 Å². The van der Waals surface area contributed by atoms with Crippen molar-refractivity contribution in [1.29, 1.82) is 0 Å². The number of halogens is 3. The number of aliphatic hydroxyl groups excluding tert-OH is 1. The number of rotatable bonds is 1. The third kappa shape index (κ3) is 2.91. The number of piperidine rings is 1. The molecule has 0 aromatic carbocycles. The summed E-state index contributed by atoms with van der Waals surface area (Å²) in [6, 6.07) is -1.25. The summed E-state index contributed by atoms with van der Waals surface area (Å²) in [6.07, 6.45) is -5.12. The Morgan fingerprint density at radius 3 is 2.21 bits per heavy atom. The van der Waals surface area contributed by atoms with Gasteiger partial charge in [-0.3, -0.25) is 14.5 Å². The summed E-state index contributed by atoms with van der Waals surface area (Å²) >= 11 is 0. The summed E-state index contributed by atoms with van der Waals surface area (Å²) in [5.74, 6) is -2.82. The maximum absolute atomic E-state index is 13.0. The van der Waals surface area contributed by atoms with E-state index >= 15 is 0 Å². The fraction of sp³-hybridized carbons (Fsp3) is 0.833. The fourth-order valence-corrected chi connectivity index (χ4v) is 2.93. The number of hydrogen-bond acceptors (Lipinski definition) is 3. The summed E-state index contributed by atoms with van der Waals surface area (Å²) < 4.78 is 39.0. The van der Waals surface area contributed by atoms with Gasteiger partial charge in [-0.2, -0.15) is 13.2 Å². The maximum atomic E-state index is 13.0. The van der Waals surface area contributed by atoms with E-state index in [2.05, 4.69) is 0 Å². The van der Waals surface area contributed by atoms with Crippen LogP contribution in [0.25, 0.3) is 0 Å². The Morgan fingerprint density at radius 2 is 1.68 bits per heavy atom. The quantitative estimate of drug-likeness (QED) is 0.742. The van der Waals surface area contributed by atoms with Gasteiger partial charge in [0.1, 0.15) is 0 Å². The van der Waals surface area contributed by atoms with Crippen molar-refractivity contribution in [3.8, 4) is 0 Å². The van der Waals surface area contributed by atoms with Crippen molar-refractivity contribution < 1.29 is 27.9 Å². The Bertz CT molecular complexity index is 367. The van der Waals surface area contributed by atoms with Gasteiger partial charge < -0.3 is 5.11 Å². The number of carbonyl (C=O) groups excluding carboxylic acids is 2. The van der Waals surface area contributed by atoms with E-state index in [4.69, 9.17) is 0 Å². The maximum Gasteiger partial charge on any atom is 0.393 e. The normalized spacial score (nSPS) is 33.7. The molecule has 1 aliphatic carbocycles. The smallest absolute Gasteiger partial charge is 0.393 e. The third-order valence-corrected chi connectivity index (χ3v) is 3.86. The number of aliphatic hydroxyl groups is 1. The molecule has 4 nitrogen and oxygen atoms in total. The van der Waals surface area contributed by atoms with Crippen LogP contribution >= 0.6 is 0 Å². The fourth-order valence-electron chi connectivity index (χ4n) is 2.93. The summed E-state index contributed by atoms with van der Waals surface area (Å²) in [4.78, 5) is 24.2. The molecule has 0 aromatic heterocycles. The molecular weight excluding hydrogens is 263 g/mol. The first-order valence-electron chi connectivity index (χ1n) is 6.40. The van der Waals surface area contributed by atoms with Gasteiger partial charge in [0, 0.05) is 12.8 Å². The van der Waals surface area contributed by atoms with E-state index in [9.17, 15) is 27.9 Å². The van der Waals surface area contributed by atoms with Crippen LogP contribution in [0.4, 0.5) is 13.2 Å². The second kappa shape index (κ2) is 5.11. The van der Waals surface area contributed by atoms with Gasteiger partial charge in [-0.25, -0.2) is 0 Å². The molecule has 0 radical (unpaired) electrons. The Kier molecular flexibility index (Phi) is 3.85. The Hall–Kier alpha value is -1.11. The van der Waals surface area contributed by atoms with Gasteiger partial charge in [-0.05, 0) is 25.7 Å². The number of likely N-dealkylation sites (tertiary alicyclic amines) is 1. The molecule has 2 fully saturated rings. The number of hydrogen-bond donors (Lipinski definition) is 1. The zero-order valence-electron chi connectivity index (χ0n) is 10.3. The molecule has 2 amide bonds. The van der Waals surface area contributed by atoms with Gasteiger partial charge in [-0.1, -0.05) is 0 Å². The molecule has 1 aliphatic heterocycles. The predicted octanol–water partition coefficient (Wildman–Crippen LogP) is 1.62. The molecular formula is C12H16F3NO3. The van der Waals surface area contributed by atoms with Gasteiger partial charge >= 0.3 is 6.18 Å². The first-order valence-corrected chi connectivity index (χ1v) is 6.40. The zero-order chi connectivity index (χ0) is 14.2. The average molecular weight is 279 g/mol. The van der Waals surface area contributed by atoms with Gasteiger partial charge in [-0.15, -0.1) is 0 Å². The summed E-state index contributed by atoms with van der Waals surface area (Å²) in [5, 5.41) is 9.55. The molecule has 0 bridgehead atoms. The highest BCUT2D eigenvalue weighted by molar-refractivity contribution is 5.97. The summed E-state index contributed by atoms with van der Waals surface area (Å²) in [6.45, 7) is 0. The van der Waals surface area contributed by atoms with Gasteiger partial charge in [0.25, 0.3) is 0 Å². The second-order valence-corrected chi connectivity index (χ2v) is 5.19. The van der Waals surface area contributed by atoms with Crippen molar-refractivity contribution in [3.63, 3.8) is 0 Å². The van der Waals surface area contributed by atoms with Crippen molar-refractivity contribution in [2.75, 3.05) is 0 Å². The SMILES string of the molecule is O=C1CCCC(=O)N1C1CC(O)CCC1C(F)(F)F. The number of imide groups is 1. The first-order chi connectivity index (χ1) is 8.80. The van der Waals surface area contributed by atoms with Gasteiger partial charge in [0.2, 0.25) is 11.8 Å². The van der Waals surface area contributed by atoms with Crippen molar-refractivity contribution in [1.82, 2.24) is 4.90 Å². The number of nitrogens with zero attached hydrogens (tertiary/aromatic N) is 1. The van der Waals surface area contributed by atoms with Gasteiger partial charge in [0.05, 0.1) is 18.1 Å². The van der Waals surface area contributed by atoms with Crippen LogP contribution in [0, 0.1) is 5.92 Å². The monoisotopic (exact) mass is 279 g/mol. The highest BCUT2D eigenvalue weighted by atomic mass is 19.4. The van der Waals surface area contributed by atoms with E-state index < -0.39 is 36.1 Å². The lowest BCUT2D eigenvalue weighted by atomic mass is 9.80. The Morgan fingerprint density at radius 1 is 1.11 bits per heavy atom. The molecule has 1 heterocycles. The van der Waals surface area contributed by atoms with Crippen molar-refractivity contribution in [3.05, 3.63) is 0 Å². The predicted molar refractivity (Wildman–Crippen MR) is 58.9 cm³/mol. The van der Waals surface area contributed by atoms with Crippen LogP contribution in [0.15, 0.2) is 0 Å². The first kappa shape index (κ1) is 14.3. The molecule has 3 unspecified atom stereocenters. The van der Waals surface area contributed by atoms with Crippen LogP contribution in [-0.2, 0) is 9.59 Å². The van der Waals surface area contributed by atoms with Crippen LogP contribution in [-0.4, -0.2) is 40.1 Å². The number of carbonyl (C=O) groups is 2. The average Bonchev–Trinajstić information content (AvgIpc) is 2.27. The molecule has 2 rings (SSSR count). The van der Waals surface area contributed by atoms with E-state index in [1.165, 1.54) is 0 Å². The Labute approximate surface area is 108 Å². The molecule has 19 heavy (non-hydrogen) atoms. The summed E-state index contributed by atoms with van der Waals surface area (Å²) in [7, 11) is 0. The minimum Gasteiger partial charge on any atom is -0.393 e. The molecule has 0 spiro atoms. The molecule has 1 saturated heterocycles. The van der Waals surface area contributed by atoms with Crippen LogP contribution in [0.5, 0.6) is 0 Å². The largest absolute Gasteiger partial charge is 0.393 e. The second-order valence-electron chi connectivity index (χ2n) is 5.19. The lowest BCUT2D eigenvalue weighted by Crippen LogP contribution is -2.56. The minimum atomic E-state index is -4.46. The third-order valence-electron chi connectivity index (χ3n) is 3.86. The van der Waals surface area contributed by atoms with E-state index in [1.54, 1.807) is 0 Å². The van der Waals surface area contributed by atoms with Crippen LogP contribution in [0.1, 0.15) is 38.5 Å². The highest BCUT2D eigenvalue weighted by Gasteiger charge is 2.51. The molecule has 108 valence electrons. The molecule has 2 aliphatic rings. The van der Waals surface area contributed by atoms with E-state index in [0.29, 0.717) is 6.42 Å². The lowest BCUT2D eigenvalue weighted by molar-refractivity contribution is -0.206. The Balaban J connectivity index is 2.26. The molecule has 1 saturated carbocycles. The van der Waals surface area contributed by atoms with E-state index in [-0.39, 0.29) is 32.1 Å². The topological polar surface area (TPSA) is 57.6 Å². The number of amides is 2. The van der Waals surface area contributed by atoms with Crippen LogP contribution in [0.3, 0.4) is 0 Å². The molecule has 3 atom stereocenters. The van der Waals surface area contributed by atoms with E-state index in [1.807, 2.05) is 0 Å². The lowest BCUT2D eigenvalue weighted by Gasteiger charge is -2.42. The molecule has 1 N–H and O–H groups in total. The van der Waals surface area contributed by atoms with Gasteiger partial charge in [0.15, 0.2) is 0 Å². The van der Waals surface area contributed by atoms with Crippen molar-refractivity contribution in [2.45, 2.75) is 56.8 Å². The number of alkyl halides is 3. The summed E-state index contributed by atoms with van der Waals surface area (Å²) in [5.41, 5.74) is 0. The van der Waals surface area contributed by atoms with E-state index in [0.717, 1.165) is 4.90 Å². The van der Waals surface area contributed by atoms with Crippen molar-refractivity contribution in [2.24, 2.45) is 5.92 Å². The standard InChI is InChI=1S/C12H16F3NO3/c13-12(14,15)8-5-4-7(17)6-9(8)16-10(18)2-1-3-11(16)19/h7-9,17H,1-6H2. The zero-order valence-corrected chi connectivity index (χ0v) is 10.3. The van der Waals surface area contributed by atoms with Crippen LogP contribution in [0.2, 0.25) is 0 Å². The van der Waals surface area contributed by atoms with Crippen molar-refractivity contribution >= 4 is 11.8 Å². The molecule has 0 aromatic rings. The molecule has 7 heteroatoms. The highest BCUT2D eigenvalue weighted by Crippen LogP contribution is 2.41. The minimum absolute atomic E-state index is 0.0525.